The maximum Gasteiger partial charge on any atom is 0.173 e. The summed E-state index contributed by atoms with van der Waals surface area (Å²) in [6.45, 7) is 0. The van der Waals surface area contributed by atoms with Crippen LogP contribution in [0.25, 0.3) is 0 Å². The van der Waals surface area contributed by atoms with E-state index in [4.69, 9.17) is 9.47 Å². The number of halogens is 1. The maximum atomic E-state index is 12.3. The van der Waals surface area contributed by atoms with Gasteiger partial charge in [0.2, 0.25) is 0 Å². The van der Waals surface area contributed by atoms with E-state index < -0.39 is 0 Å². The van der Waals surface area contributed by atoms with Gasteiger partial charge in [-0.25, -0.2) is 0 Å². The summed E-state index contributed by atoms with van der Waals surface area (Å²) in [6.07, 6.45) is 0. The zero-order valence-corrected chi connectivity index (χ0v) is 14.2. The van der Waals surface area contributed by atoms with Gasteiger partial charge in [0.1, 0.15) is 11.5 Å². The fourth-order valence-electron chi connectivity index (χ4n) is 1.76. The van der Waals surface area contributed by atoms with E-state index in [-0.39, 0.29) is 5.78 Å². The molecule has 0 fully saturated rings. The molecule has 0 aliphatic rings. The van der Waals surface area contributed by atoms with E-state index in [1.807, 2.05) is 24.3 Å². The van der Waals surface area contributed by atoms with Gasteiger partial charge in [-0.1, -0.05) is 22.0 Å². The van der Waals surface area contributed by atoms with Gasteiger partial charge in [-0.2, -0.15) is 0 Å². The van der Waals surface area contributed by atoms with Crippen LogP contribution in [0.3, 0.4) is 0 Å². The van der Waals surface area contributed by atoms with E-state index in [1.165, 1.54) is 11.8 Å². The SMILES string of the molecule is COc1cc(OC)cc(C(=O)CSc2cccc(Br)c2)c1. The summed E-state index contributed by atoms with van der Waals surface area (Å²) in [4.78, 5) is 13.3. The largest absolute Gasteiger partial charge is 0.497 e. The average molecular weight is 367 g/mol. The second kappa shape index (κ2) is 7.52. The third-order valence-electron chi connectivity index (χ3n) is 2.84. The lowest BCUT2D eigenvalue weighted by molar-refractivity contribution is 0.102. The molecule has 21 heavy (non-hydrogen) atoms. The molecule has 110 valence electrons. The molecule has 2 rings (SSSR count). The Kier molecular flexibility index (Phi) is 5.70. The lowest BCUT2D eigenvalue weighted by Gasteiger charge is -2.08. The van der Waals surface area contributed by atoms with E-state index in [1.54, 1.807) is 32.4 Å². The predicted molar refractivity (Wildman–Crippen MR) is 88.7 cm³/mol. The number of ether oxygens (including phenoxy) is 2. The van der Waals surface area contributed by atoms with Crippen molar-refractivity contribution < 1.29 is 14.3 Å². The van der Waals surface area contributed by atoms with Crippen LogP contribution in [0.1, 0.15) is 10.4 Å². The number of Topliss-reactive ketones (excluding diaryl/α,β-unsaturated/α-hetero) is 1. The molecular formula is C16H15BrO3S. The Morgan fingerprint density at radius 3 is 2.33 bits per heavy atom. The summed E-state index contributed by atoms with van der Waals surface area (Å²) in [5, 5.41) is 0. The normalized spacial score (nSPS) is 10.2. The van der Waals surface area contributed by atoms with Gasteiger partial charge in [-0.15, -0.1) is 11.8 Å². The number of hydrogen-bond donors (Lipinski definition) is 0. The van der Waals surface area contributed by atoms with Crippen LogP contribution < -0.4 is 9.47 Å². The van der Waals surface area contributed by atoms with E-state index in [0.717, 1.165) is 9.37 Å². The van der Waals surface area contributed by atoms with Crippen LogP contribution >= 0.6 is 27.7 Å². The van der Waals surface area contributed by atoms with Gasteiger partial charge in [0.25, 0.3) is 0 Å². The highest BCUT2D eigenvalue weighted by Gasteiger charge is 2.10. The molecule has 0 N–H and O–H groups in total. The lowest BCUT2D eigenvalue weighted by atomic mass is 10.1. The van der Waals surface area contributed by atoms with Gasteiger partial charge in [0.15, 0.2) is 5.78 Å². The van der Waals surface area contributed by atoms with Crippen molar-refractivity contribution in [2.75, 3.05) is 20.0 Å². The Morgan fingerprint density at radius 2 is 1.76 bits per heavy atom. The van der Waals surface area contributed by atoms with Gasteiger partial charge < -0.3 is 9.47 Å². The molecule has 0 aromatic heterocycles. The Bertz CT molecular complexity index is 621. The van der Waals surface area contributed by atoms with E-state index in [2.05, 4.69) is 15.9 Å². The van der Waals surface area contributed by atoms with Crippen LogP contribution in [0.15, 0.2) is 51.8 Å². The number of ketones is 1. The summed E-state index contributed by atoms with van der Waals surface area (Å²) in [5.74, 6) is 1.64. The Morgan fingerprint density at radius 1 is 1.10 bits per heavy atom. The monoisotopic (exact) mass is 366 g/mol. The summed E-state index contributed by atoms with van der Waals surface area (Å²) >= 11 is 4.92. The third kappa shape index (κ3) is 4.51. The first-order valence-electron chi connectivity index (χ1n) is 6.27. The van der Waals surface area contributed by atoms with Gasteiger partial charge in [-0.3, -0.25) is 4.79 Å². The number of hydrogen-bond acceptors (Lipinski definition) is 4. The zero-order valence-electron chi connectivity index (χ0n) is 11.8. The molecule has 0 amide bonds. The molecule has 5 heteroatoms. The number of thioether (sulfide) groups is 1. The van der Waals surface area contributed by atoms with Gasteiger partial charge in [-0.05, 0) is 30.3 Å². The maximum absolute atomic E-state index is 12.3. The minimum Gasteiger partial charge on any atom is -0.497 e. The quantitative estimate of drug-likeness (QED) is 0.559. The molecule has 0 saturated carbocycles. The summed E-state index contributed by atoms with van der Waals surface area (Å²) in [5.41, 5.74) is 0.591. The van der Waals surface area contributed by atoms with Crippen molar-refractivity contribution in [3.63, 3.8) is 0 Å². The number of rotatable bonds is 6. The van der Waals surface area contributed by atoms with E-state index in [0.29, 0.717) is 22.8 Å². The van der Waals surface area contributed by atoms with Crippen molar-refractivity contribution in [3.05, 3.63) is 52.5 Å². The summed E-state index contributed by atoms with van der Waals surface area (Å²) in [6, 6.07) is 13.1. The summed E-state index contributed by atoms with van der Waals surface area (Å²) in [7, 11) is 3.14. The minimum atomic E-state index is 0.0391. The molecule has 3 nitrogen and oxygen atoms in total. The van der Waals surface area contributed by atoms with Crippen LogP contribution in [0, 0.1) is 0 Å². The fraction of sp³-hybridized carbons (Fsp3) is 0.188. The second-order valence-electron chi connectivity index (χ2n) is 4.27. The first-order chi connectivity index (χ1) is 10.1. The molecule has 0 heterocycles. The highest BCUT2D eigenvalue weighted by molar-refractivity contribution is 9.10. The molecule has 0 spiro atoms. The Hall–Kier alpha value is -1.46. The molecule has 0 radical (unpaired) electrons. The topological polar surface area (TPSA) is 35.5 Å². The van der Waals surface area contributed by atoms with E-state index in [9.17, 15) is 4.79 Å². The lowest BCUT2D eigenvalue weighted by Crippen LogP contribution is -2.03. The van der Waals surface area contributed by atoms with Crippen molar-refractivity contribution in [1.82, 2.24) is 0 Å². The number of benzene rings is 2. The highest BCUT2D eigenvalue weighted by atomic mass is 79.9. The Balaban J connectivity index is 2.09. The predicted octanol–water partition coefficient (Wildman–Crippen LogP) is 4.44. The second-order valence-corrected chi connectivity index (χ2v) is 6.23. The van der Waals surface area contributed by atoms with Crippen molar-refractivity contribution >= 4 is 33.5 Å². The van der Waals surface area contributed by atoms with Crippen molar-refractivity contribution in [2.45, 2.75) is 4.90 Å². The van der Waals surface area contributed by atoms with Crippen molar-refractivity contribution in [1.29, 1.82) is 0 Å². The Labute approximate surface area is 136 Å². The molecule has 0 bridgehead atoms. The molecule has 0 atom stereocenters. The summed E-state index contributed by atoms with van der Waals surface area (Å²) < 4.78 is 11.4. The van der Waals surface area contributed by atoms with Gasteiger partial charge >= 0.3 is 0 Å². The molecule has 0 aliphatic heterocycles. The molecule has 2 aromatic carbocycles. The number of carbonyl (C=O) groups excluding carboxylic acids is 1. The van der Waals surface area contributed by atoms with Crippen LogP contribution in [-0.2, 0) is 0 Å². The van der Waals surface area contributed by atoms with Crippen LogP contribution in [0.4, 0.5) is 0 Å². The minimum absolute atomic E-state index is 0.0391. The first-order valence-corrected chi connectivity index (χ1v) is 8.05. The third-order valence-corrected chi connectivity index (χ3v) is 4.33. The van der Waals surface area contributed by atoms with Crippen LogP contribution in [0.2, 0.25) is 0 Å². The molecule has 0 aliphatic carbocycles. The molecular weight excluding hydrogens is 352 g/mol. The number of carbonyl (C=O) groups is 1. The van der Waals surface area contributed by atoms with Crippen molar-refractivity contribution in [2.24, 2.45) is 0 Å². The van der Waals surface area contributed by atoms with Crippen LogP contribution in [-0.4, -0.2) is 25.8 Å². The molecule has 0 saturated heterocycles. The zero-order chi connectivity index (χ0) is 15.2. The molecule has 2 aromatic rings. The average Bonchev–Trinajstić information content (AvgIpc) is 2.52. The van der Waals surface area contributed by atoms with Crippen LogP contribution in [0.5, 0.6) is 11.5 Å². The first kappa shape index (κ1) is 15.9. The fourth-order valence-corrected chi connectivity index (χ4v) is 3.16. The van der Waals surface area contributed by atoms with Gasteiger partial charge in [0, 0.05) is 21.0 Å². The van der Waals surface area contributed by atoms with E-state index >= 15 is 0 Å². The molecule has 0 unspecified atom stereocenters. The standard InChI is InChI=1S/C16H15BrO3S/c1-19-13-6-11(7-14(9-13)20-2)16(18)10-21-15-5-3-4-12(17)8-15/h3-9H,10H2,1-2H3. The smallest absolute Gasteiger partial charge is 0.173 e. The van der Waals surface area contributed by atoms with Gasteiger partial charge in [0.05, 0.1) is 20.0 Å². The number of methoxy groups -OCH3 is 2. The van der Waals surface area contributed by atoms with Crippen molar-refractivity contribution in [3.8, 4) is 11.5 Å². The highest BCUT2D eigenvalue weighted by Crippen LogP contribution is 2.26.